The van der Waals surface area contributed by atoms with Crippen LogP contribution in [0.2, 0.25) is 4.34 Å². The van der Waals surface area contributed by atoms with Crippen molar-refractivity contribution in [3.8, 4) is 0 Å². The Morgan fingerprint density at radius 1 is 1.44 bits per heavy atom. The van der Waals surface area contributed by atoms with Crippen LogP contribution >= 0.6 is 34.7 Å². The van der Waals surface area contributed by atoms with Gasteiger partial charge in [-0.05, 0) is 18.4 Å². The fourth-order valence-corrected chi connectivity index (χ4v) is 2.99. The van der Waals surface area contributed by atoms with Crippen LogP contribution in [0.1, 0.15) is 4.88 Å². The van der Waals surface area contributed by atoms with E-state index in [9.17, 15) is 0 Å². The molecule has 0 aliphatic rings. The Labute approximate surface area is 119 Å². The zero-order valence-corrected chi connectivity index (χ0v) is 12.4. The molecule has 0 unspecified atom stereocenters. The average Bonchev–Trinajstić information content (AvgIpc) is 2.73. The molecule has 0 amide bonds. The number of thioether (sulfide) groups is 1. The molecule has 0 aromatic carbocycles. The van der Waals surface area contributed by atoms with Gasteiger partial charge in [0.25, 0.3) is 0 Å². The van der Waals surface area contributed by atoms with E-state index in [1.165, 1.54) is 16.6 Å². The predicted octanol–water partition coefficient (Wildman–Crippen LogP) is 3.13. The number of rotatable bonds is 4. The number of nitrogen functional groups attached to an aromatic ring is 1. The number of halogens is 1. The summed E-state index contributed by atoms with van der Waals surface area (Å²) in [4.78, 5) is 11.8. The van der Waals surface area contributed by atoms with Gasteiger partial charge < -0.3 is 10.6 Å². The average molecular weight is 301 g/mol. The smallest absolute Gasteiger partial charge is 0.191 e. The first-order valence-electron chi connectivity index (χ1n) is 5.22. The zero-order valence-electron chi connectivity index (χ0n) is 10.1. The van der Waals surface area contributed by atoms with E-state index in [-0.39, 0.29) is 0 Å². The molecule has 4 nitrogen and oxygen atoms in total. The summed E-state index contributed by atoms with van der Waals surface area (Å²) < 4.78 is 0.797. The van der Waals surface area contributed by atoms with E-state index in [1.807, 2.05) is 30.3 Å². The van der Waals surface area contributed by atoms with Gasteiger partial charge in [0.05, 0.1) is 10.9 Å². The Bertz CT molecular complexity index is 544. The third kappa shape index (κ3) is 3.28. The van der Waals surface area contributed by atoms with Crippen molar-refractivity contribution >= 4 is 46.3 Å². The van der Waals surface area contributed by atoms with Crippen molar-refractivity contribution in [3.63, 3.8) is 0 Å². The number of aromatic nitrogens is 2. The van der Waals surface area contributed by atoms with E-state index in [0.717, 1.165) is 16.7 Å². The molecule has 96 valence electrons. The molecule has 2 rings (SSSR count). The van der Waals surface area contributed by atoms with Crippen molar-refractivity contribution in [1.29, 1.82) is 0 Å². The molecule has 0 spiro atoms. The minimum Gasteiger partial charge on any atom is -0.383 e. The molecule has 0 saturated heterocycles. The number of thiophene rings is 1. The lowest BCUT2D eigenvalue weighted by atomic mass is 10.4. The molecule has 0 aliphatic carbocycles. The minimum atomic E-state index is 0.486. The van der Waals surface area contributed by atoms with Crippen molar-refractivity contribution in [2.45, 2.75) is 11.7 Å². The Morgan fingerprint density at radius 3 is 2.83 bits per heavy atom. The van der Waals surface area contributed by atoms with Crippen LogP contribution in [-0.4, -0.2) is 23.3 Å². The van der Waals surface area contributed by atoms with Gasteiger partial charge in [-0.25, -0.2) is 9.97 Å². The minimum absolute atomic E-state index is 0.486. The summed E-state index contributed by atoms with van der Waals surface area (Å²) in [5.41, 5.74) is 5.76. The lowest BCUT2D eigenvalue weighted by Crippen LogP contribution is -2.17. The fourth-order valence-electron chi connectivity index (χ4n) is 1.47. The van der Waals surface area contributed by atoms with Crippen LogP contribution in [0.25, 0.3) is 0 Å². The molecule has 2 aromatic heterocycles. The highest BCUT2D eigenvalue weighted by Crippen LogP contribution is 2.25. The van der Waals surface area contributed by atoms with E-state index in [0.29, 0.717) is 11.0 Å². The summed E-state index contributed by atoms with van der Waals surface area (Å²) in [6.07, 6.45) is 1.93. The maximum atomic E-state index is 5.91. The monoisotopic (exact) mass is 300 g/mol. The third-order valence-corrected chi connectivity index (χ3v) is 4.07. The molecule has 0 bridgehead atoms. The highest BCUT2D eigenvalue weighted by molar-refractivity contribution is 7.98. The number of anilines is 2. The highest BCUT2D eigenvalue weighted by atomic mass is 35.5. The molecular formula is C11H13ClN4S2. The number of hydrogen-bond acceptors (Lipinski definition) is 6. The Balaban J connectivity index is 2.17. The van der Waals surface area contributed by atoms with Gasteiger partial charge in [-0.3, -0.25) is 0 Å². The first kappa shape index (κ1) is 13.5. The number of nitrogens with two attached hydrogens (primary N) is 1. The zero-order chi connectivity index (χ0) is 13.1. The second-order valence-corrected chi connectivity index (χ2v) is 6.27. The van der Waals surface area contributed by atoms with Crippen LogP contribution < -0.4 is 10.6 Å². The standard InChI is InChI=1S/C11H13ClN4S2/c1-16(6-7-3-4-8(12)18-7)10-5-9(13)14-11(15-10)17-2/h3-5H,6H2,1-2H3,(H2,13,14,15). The molecule has 0 fully saturated rings. The molecule has 2 aromatic rings. The van der Waals surface area contributed by atoms with Crippen LogP contribution in [0.4, 0.5) is 11.6 Å². The van der Waals surface area contributed by atoms with Gasteiger partial charge in [0.2, 0.25) is 0 Å². The molecular weight excluding hydrogens is 288 g/mol. The maximum Gasteiger partial charge on any atom is 0.191 e. The lowest BCUT2D eigenvalue weighted by Gasteiger charge is -2.17. The van der Waals surface area contributed by atoms with Gasteiger partial charge in [0, 0.05) is 18.0 Å². The Hall–Kier alpha value is -0.980. The van der Waals surface area contributed by atoms with Crippen LogP contribution in [0.15, 0.2) is 23.4 Å². The second-order valence-electron chi connectivity index (χ2n) is 3.70. The van der Waals surface area contributed by atoms with E-state index in [4.69, 9.17) is 17.3 Å². The van der Waals surface area contributed by atoms with E-state index >= 15 is 0 Å². The molecule has 7 heteroatoms. The van der Waals surface area contributed by atoms with E-state index in [1.54, 1.807) is 17.4 Å². The van der Waals surface area contributed by atoms with Crippen LogP contribution in [0, 0.1) is 0 Å². The molecule has 0 radical (unpaired) electrons. The summed E-state index contributed by atoms with van der Waals surface area (Å²) >= 11 is 8.96. The highest BCUT2D eigenvalue weighted by Gasteiger charge is 2.08. The normalized spacial score (nSPS) is 10.6. The third-order valence-electron chi connectivity index (χ3n) is 2.31. The first-order valence-corrected chi connectivity index (χ1v) is 7.64. The van der Waals surface area contributed by atoms with Crippen molar-refractivity contribution in [2.24, 2.45) is 0 Å². The summed E-state index contributed by atoms with van der Waals surface area (Å²) in [6, 6.07) is 5.69. The summed E-state index contributed by atoms with van der Waals surface area (Å²) in [5.74, 6) is 1.30. The predicted molar refractivity (Wildman–Crippen MR) is 79.7 cm³/mol. The van der Waals surface area contributed by atoms with Gasteiger partial charge in [-0.1, -0.05) is 23.4 Å². The van der Waals surface area contributed by atoms with E-state index in [2.05, 4.69) is 9.97 Å². The quantitative estimate of drug-likeness (QED) is 0.694. The molecule has 0 aliphatic heterocycles. The topological polar surface area (TPSA) is 55.0 Å². The first-order chi connectivity index (χ1) is 8.58. The summed E-state index contributed by atoms with van der Waals surface area (Å²) in [6.45, 7) is 0.752. The number of nitrogens with zero attached hydrogens (tertiary/aromatic N) is 3. The van der Waals surface area contributed by atoms with E-state index < -0.39 is 0 Å². The van der Waals surface area contributed by atoms with Crippen molar-refractivity contribution in [1.82, 2.24) is 9.97 Å². The van der Waals surface area contributed by atoms with Gasteiger partial charge in [0.15, 0.2) is 5.16 Å². The maximum absolute atomic E-state index is 5.91. The van der Waals surface area contributed by atoms with Gasteiger partial charge in [0.1, 0.15) is 11.6 Å². The second kappa shape index (κ2) is 5.77. The van der Waals surface area contributed by atoms with Crippen LogP contribution in [-0.2, 0) is 6.54 Å². The molecule has 2 N–H and O–H groups in total. The largest absolute Gasteiger partial charge is 0.383 e. The van der Waals surface area contributed by atoms with Crippen molar-refractivity contribution in [3.05, 3.63) is 27.4 Å². The molecule has 0 saturated carbocycles. The fraction of sp³-hybridized carbons (Fsp3) is 0.273. The Kier molecular flexibility index (Phi) is 4.31. The van der Waals surface area contributed by atoms with Crippen LogP contribution in [0.5, 0.6) is 0 Å². The van der Waals surface area contributed by atoms with Crippen molar-refractivity contribution < 1.29 is 0 Å². The van der Waals surface area contributed by atoms with Gasteiger partial charge in [-0.2, -0.15) is 0 Å². The van der Waals surface area contributed by atoms with Gasteiger partial charge in [-0.15, -0.1) is 11.3 Å². The van der Waals surface area contributed by atoms with Gasteiger partial charge >= 0.3 is 0 Å². The number of hydrogen-bond donors (Lipinski definition) is 1. The molecule has 18 heavy (non-hydrogen) atoms. The van der Waals surface area contributed by atoms with Crippen molar-refractivity contribution in [2.75, 3.05) is 23.9 Å². The van der Waals surface area contributed by atoms with Crippen LogP contribution in [0.3, 0.4) is 0 Å². The Morgan fingerprint density at radius 2 is 2.22 bits per heavy atom. The lowest BCUT2D eigenvalue weighted by molar-refractivity contribution is 0.869. The molecule has 0 atom stereocenters. The molecule has 2 heterocycles. The SMILES string of the molecule is CSc1nc(N)cc(N(C)Cc2ccc(Cl)s2)n1. The summed E-state index contributed by atoms with van der Waals surface area (Å²) in [5, 5.41) is 0.682. The summed E-state index contributed by atoms with van der Waals surface area (Å²) in [7, 11) is 1.97.